The van der Waals surface area contributed by atoms with E-state index in [1.807, 2.05) is 6.92 Å². The lowest BCUT2D eigenvalue weighted by atomic mass is 10.1. The number of anilines is 1. The fraction of sp³-hybridized carbons (Fsp3) is 0.158. The number of rotatable bonds is 5. The molecule has 0 saturated heterocycles. The topological polar surface area (TPSA) is 46.6 Å². The van der Waals surface area contributed by atoms with Crippen molar-refractivity contribution < 1.29 is 14.3 Å². The lowest BCUT2D eigenvalue weighted by Crippen LogP contribution is -2.31. The molecule has 2 amide bonds. The van der Waals surface area contributed by atoms with Crippen LogP contribution >= 0.6 is 34.8 Å². The van der Waals surface area contributed by atoms with Gasteiger partial charge in [0.1, 0.15) is 10.8 Å². The minimum atomic E-state index is -0.620. The van der Waals surface area contributed by atoms with Crippen LogP contribution in [0, 0.1) is 0 Å². The molecule has 0 atom stereocenters. The number of carbonyl (C=O) groups is 2. The van der Waals surface area contributed by atoms with Crippen LogP contribution in [0.1, 0.15) is 18.9 Å². The summed E-state index contributed by atoms with van der Waals surface area (Å²) in [6.07, 6.45) is 0.793. The number of hydrogen-bond acceptors (Lipinski definition) is 3. The Morgan fingerprint density at radius 2 is 1.73 bits per heavy atom. The Morgan fingerprint density at radius 3 is 2.42 bits per heavy atom. The first-order valence-electron chi connectivity index (χ1n) is 7.91. The number of nitrogens with zero attached hydrogens (tertiary/aromatic N) is 1. The van der Waals surface area contributed by atoms with Crippen LogP contribution < -0.4 is 9.64 Å². The van der Waals surface area contributed by atoms with Gasteiger partial charge in [0.2, 0.25) is 0 Å². The summed E-state index contributed by atoms with van der Waals surface area (Å²) >= 11 is 18.3. The Hall–Kier alpha value is -2.01. The van der Waals surface area contributed by atoms with Crippen molar-refractivity contribution >= 4 is 57.9 Å². The van der Waals surface area contributed by atoms with Crippen LogP contribution in [0.15, 0.2) is 47.5 Å². The SMILES string of the molecule is CCCOc1ccccc1N1C(=O)C(Cl)=C(c2ccc(Cl)cc2Cl)C1=O. The van der Waals surface area contributed by atoms with E-state index in [1.165, 1.54) is 6.07 Å². The highest BCUT2D eigenvalue weighted by Crippen LogP contribution is 2.40. The molecule has 2 aromatic rings. The van der Waals surface area contributed by atoms with Crippen LogP contribution in [0.3, 0.4) is 0 Å². The molecule has 4 nitrogen and oxygen atoms in total. The van der Waals surface area contributed by atoms with Crippen molar-refractivity contribution in [1.29, 1.82) is 0 Å². The van der Waals surface area contributed by atoms with Crippen LogP contribution in [-0.4, -0.2) is 18.4 Å². The van der Waals surface area contributed by atoms with Crippen molar-refractivity contribution in [3.8, 4) is 5.75 Å². The Bertz CT molecular complexity index is 924. The summed E-state index contributed by atoms with van der Waals surface area (Å²) in [5, 5.41) is 0.469. The van der Waals surface area contributed by atoms with Crippen LogP contribution in [0.5, 0.6) is 5.75 Å². The van der Waals surface area contributed by atoms with Crippen LogP contribution in [0.4, 0.5) is 5.69 Å². The van der Waals surface area contributed by atoms with Crippen LogP contribution in [0.2, 0.25) is 10.0 Å². The van der Waals surface area contributed by atoms with Gasteiger partial charge in [-0.3, -0.25) is 9.59 Å². The summed E-state index contributed by atoms with van der Waals surface area (Å²) in [4.78, 5) is 26.7. The largest absolute Gasteiger partial charge is 0.491 e. The van der Waals surface area contributed by atoms with E-state index in [2.05, 4.69) is 0 Å². The van der Waals surface area contributed by atoms with E-state index in [4.69, 9.17) is 39.5 Å². The van der Waals surface area contributed by atoms with E-state index in [0.717, 1.165) is 11.3 Å². The molecule has 2 aromatic carbocycles. The van der Waals surface area contributed by atoms with E-state index in [9.17, 15) is 9.59 Å². The minimum Gasteiger partial charge on any atom is -0.491 e. The highest BCUT2D eigenvalue weighted by atomic mass is 35.5. The standard InChI is InChI=1S/C19H14Cl3NO3/c1-2-9-26-15-6-4-3-5-14(15)23-18(24)16(17(22)19(23)25)12-8-7-11(20)10-13(12)21/h3-8,10H,2,9H2,1H3. The third kappa shape index (κ3) is 3.32. The smallest absolute Gasteiger partial charge is 0.277 e. The summed E-state index contributed by atoms with van der Waals surface area (Å²) < 4.78 is 5.66. The molecular weight excluding hydrogens is 397 g/mol. The minimum absolute atomic E-state index is 0.0450. The molecule has 0 aliphatic carbocycles. The molecule has 0 bridgehead atoms. The number of para-hydroxylation sites is 2. The van der Waals surface area contributed by atoms with E-state index >= 15 is 0 Å². The first-order chi connectivity index (χ1) is 12.5. The average molecular weight is 411 g/mol. The summed E-state index contributed by atoms with van der Waals surface area (Å²) in [6, 6.07) is 11.5. The van der Waals surface area contributed by atoms with Gasteiger partial charge in [-0.15, -0.1) is 0 Å². The van der Waals surface area contributed by atoms with E-state index < -0.39 is 11.8 Å². The van der Waals surface area contributed by atoms with Gasteiger partial charge in [0.05, 0.1) is 22.9 Å². The van der Waals surface area contributed by atoms with Gasteiger partial charge in [-0.25, -0.2) is 4.90 Å². The second kappa shape index (κ2) is 7.70. The molecule has 0 spiro atoms. The normalized spacial score (nSPS) is 14.4. The van der Waals surface area contributed by atoms with Gasteiger partial charge in [-0.1, -0.05) is 59.9 Å². The van der Waals surface area contributed by atoms with E-state index in [-0.39, 0.29) is 15.6 Å². The lowest BCUT2D eigenvalue weighted by molar-refractivity contribution is -0.119. The fourth-order valence-corrected chi connectivity index (χ4v) is 3.39. The van der Waals surface area contributed by atoms with Crippen molar-refractivity contribution in [1.82, 2.24) is 0 Å². The van der Waals surface area contributed by atoms with Gasteiger partial charge >= 0.3 is 0 Å². The molecule has 26 heavy (non-hydrogen) atoms. The average Bonchev–Trinajstić information content (AvgIpc) is 2.83. The summed E-state index contributed by atoms with van der Waals surface area (Å²) in [5.41, 5.74) is 0.742. The Kier molecular flexibility index (Phi) is 5.56. The molecule has 1 heterocycles. The third-order valence-corrected chi connectivity index (χ3v) is 4.69. The van der Waals surface area contributed by atoms with Gasteiger partial charge in [0.15, 0.2) is 0 Å². The first-order valence-corrected chi connectivity index (χ1v) is 9.05. The molecule has 3 rings (SSSR count). The quantitative estimate of drug-likeness (QED) is 0.628. The Balaban J connectivity index is 2.05. The number of carbonyl (C=O) groups excluding carboxylic acids is 2. The van der Waals surface area contributed by atoms with Gasteiger partial charge in [-0.2, -0.15) is 0 Å². The van der Waals surface area contributed by atoms with Crippen molar-refractivity contribution in [2.24, 2.45) is 0 Å². The number of halogens is 3. The number of benzene rings is 2. The number of imide groups is 1. The molecular formula is C19H14Cl3NO3. The van der Waals surface area contributed by atoms with Gasteiger partial charge < -0.3 is 4.74 Å². The summed E-state index contributed by atoms with van der Waals surface area (Å²) in [7, 11) is 0. The van der Waals surface area contributed by atoms with Crippen LogP contribution in [-0.2, 0) is 9.59 Å². The maximum Gasteiger partial charge on any atom is 0.277 e. The third-order valence-electron chi connectivity index (χ3n) is 3.80. The predicted molar refractivity (Wildman–Crippen MR) is 104 cm³/mol. The Morgan fingerprint density at radius 1 is 1.00 bits per heavy atom. The zero-order valence-electron chi connectivity index (χ0n) is 13.8. The molecule has 1 aliphatic heterocycles. The predicted octanol–water partition coefficient (Wildman–Crippen LogP) is 5.31. The monoisotopic (exact) mass is 409 g/mol. The zero-order valence-corrected chi connectivity index (χ0v) is 16.0. The molecule has 134 valence electrons. The van der Waals surface area contributed by atoms with Crippen molar-refractivity contribution in [2.75, 3.05) is 11.5 Å². The van der Waals surface area contributed by atoms with Crippen molar-refractivity contribution in [3.63, 3.8) is 0 Å². The molecule has 0 fully saturated rings. The molecule has 0 unspecified atom stereocenters. The second-order valence-corrected chi connectivity index (χ2v) is 6.80. The molecule has 1 aliphatic rings. The summed E-state index contributed by atoms with van der Waals surface area (Å²) in [5.74, 6) is -0.744. The van der Waals surface area contributed by atoms with Gasteiger partial charge in [0.25, 0.3) is 11.8 Å². The second-order valence-electron chi connectivity index (χ2n) is 5.58. The zero-order chi connectivity index (χ0) is 18.8. The maximum atomic E-state index is 13.0. The highest BCUT2D eigenvalue weighted by Gasteiger charge is 2.41. The lowest BCUT2D eigenvalue weighted by Gasteiger charge is -2.19. The highest BCUT2D eigenvalue weighted by molar-refractivity contribution is 6.61. The first kappa shape index (κ1) is 18.8. The molecule has 0 saturated carbocycles. The van der Waals surface area contributed by atoms with Crippen LogP contribution in [0.25, 0.3) is 5.57 Å². The Labute approximate surface area is 165 Å². The summed E-state index contributed by atoms with van der Waals surface area (Å²) in [6.45, 7) is 2.43. The van der Waals surface area contributed by atoms with Gasteiger partial charge in [0, 0.05) is 10.6 Å². The number of amides is 2. The molecule has 0 aromatic heterocycles. The van der Waals surface area contributed by atoms with E-state index in [1.54, 1.807) is 36.4 Å². The molecule has 7 heteroatoms. The van der Waals surface area contributed by atoms with Crippen molar-refractivity contribution in [3.05, 3.63) is 63.1 Å². The van der Waals surface area contributed by atoms with Crippen molar-refractivity contribution in [2.45, 2.75) is 13.3 Å². The maximum absolute atomic E-state index is 13.0. The fourth-order valence-electron chi connectivity index (χ4n) is 2.62. The molecule has 0 N–H and O–H groups in total. The van der Waals surface area contributed by atoms with Gasteiger partial charge in [-0.05, 0) is 30.7 Å². The number of hydrogen-bond donors (Lipinski definition) is 0. The molecule has 0 radical (unpaired) electrons. The van der Waals surface area contributed by atoms with E-state index in [0.29, 0.717) is 28.6 Å². The number of ether oxygens (including phenoxy) is 1.